The number of aromatic carboxylic acids is 1. The number of carboxylic acid groups (broad SMARTS) is 1. The van der Waals surface area contributed by atoms with Crippen LogP contribution in [0.4, 0.5) is 0 Å². The van der Waals surface area contributed by atoms with Gasteiger partial charge in [0.1, 0.15) is 5.75 Å². The number of hydrogen-bond donors (Lipinski definition) is 3. The molecule has 0 bridgehead atoms. The molecule has 1 fully saturated rings. The molecule has 2 atom stereocenters. The Labute approximate surface area is 193 Å². The lowest BCUT2D eigenvalue weighted by molar-refractivity contribution is -0.126. The van der Waals surface area contributed by atoms with Crippen LogP contribution in [0.25, 0.3) is 11.1 Å². The van der Waals surface area contributed by atoms with Gasteiger partial charge in [0.15, 0.2) is 0 Å². The van der Waals surface area contributed by atoms with Gasteiger partial charge in [-0.15, -0.1) is 0 Å². The molecule has 0 spiro atoms. The van der Waals surface area contributed by atoms with E-state index in [1.807, 2.05) is 31.2 Å². The Hall–Kier alpha value is -3.64. The number of phenols is 1. The summed E-state index contributed by atoms with van der Waals surface area (Å²) >= 11 is 0. The van der Waals surface area contributed by atoms with Gasteiger partial charge in [-0.2, -0.15) is 0 Å². The highest BCUT2D eigenvalue weighted by molar-refractivity contribution is 5.87. The molecule has 3 N–H and O–H groups in total. The Bertz CT molecular complexity index is 1130. The maximum absolute atomic E-state index is 13.1. The van der Waals surface area contributed by atoms with Crippen molar-refractivity contribution < 1.29 is 19.8 Å². The van der Waals surface area contributed by atoms with Crippen LogP contribution in [-0.2, 0) is 11.3 Å². The molecule has 0 radical (unpaired) electrons. The molecule has 1 saturated heterocycles. The normalized spacial score (nSPS) is 16.9. The third-order valence-corrected chi connectivity index (χ3v) is 6.20. The van der Waals surface area contributed by atoms with Gasteiger partial charge in [-0.1, -0.05) is 42.5 Å². The fourth-order valence-corrected chi connectivity index (χ4v) is 4.36. The van der Waals surface area contributed by atoms with Crippen LogP contribution in [0.15, 0.2) is 72.8 Å². The van der Waals surface area contributed by atoms with E-state index < -0.39 is 5.97 Å². The molecule has 3 aromatic carbocycles. The third-order valence-electron chi connectivity index (χ3n) is 6.20. The quantitative estimate of drug-likeness (QED) is 0.496. The van der Waals surface area contributed by atoms with E-state index in [0.717, 1.165) is 41.6 Å². The topological polar surface area (TPSA) is 89.9 Å². The van der Waals surface area contributed by atoms with Crippen LogP contribution in [0.5, 0.6) is 5.75 Å². The lowest BCUT2D eigenvalue weighted by Crippen LogP contribution is -2.43. The minimum Gasteiger partial charge on any atom is -0.508 e. The smallest absolute Gasteiger partial charge is 0.335 e. The highest BCUT2D eigenvalue weighted by atomic mass is 16.4. The molecular weight excluding hydrogens is 416 g/mol. The van der Waals surface area contributed by atoms with Gasteiger partial charge in [0.2, 0.25) is 5.91 Å². The fraction of sp³-hybridized carbons (Fsp3) is 0.259. The number of hydrogen-bond acceptors (Lipinski definition) is 4. The van der Waals surface area contributed by atoms with Crippen molar-refractivity contribution in [3.63, 3.8) is 0 Å². The van der Waals surface area contributed by atoms with Crippen LogP contribution in [0.3, 0.4) is 0 Å². The Morgan fingerprint density at radius 1 is 1.03 bits per heavy atom. The summed E-state index contributed by atoms with van der Waals surface area (Å²) in [6.45, 7) is 3.46. The largest absolute Gasteiger partial charge is 0.508 e. The average Bonchev–Trinajstić information content (AvgIpc) is 3.28. The Morgan fingerprint density at radius 3 is 2.45 bits per heavy atom. The monoisotopic (exact) mass is 444 g/mol. The molecule has 1 aliphatic rings. The van der Waals surface area contributed by atoms with Crippen molar-refractivity contribution in [2.45, 2.75) is 38.4 Å². The summed E-state index contributed by atoms with van der Waals surface area (Å²) in [6.07, 6.45) is 1.78. The number of nitrogens with zero attached hydrogens (tertiary/aromatic N) is 1. The van der Waals surface area contributed by atoms with Crippen LogP contribution in [-0.4, -0.2) is 39.6 Å². The van der Waals surface area contributed by atoms with Crippen molar-refractivity contribution in [2.75, 3.05) is 6.54 Å². The molecule has 6 heteroatoms. The van der Waals surface area contributed by atoms with E-state index in [9.17, 15) is 14.7 Å². The number of carbonyl (C=O) groups excluding carboxylic acids is 1. The number of aromatic hydroxyl groups is 1. The van der Waals surface area contributed by atoms with Gasteiger partial charge in [-0.05, 0) is 78.9 Å². The maximum Gasteiger partial charge on any atom is 0.335 e. The second-order valence-corrected chi connectivity index (χ2v) is 8.53. The molecule has 1 amide bonds. The van der Waals surface area contributed by atoms with Crippen molar-refractivity contribution >= 4 is 11.9 Å². The molecule has 0 saturated carbocycles. The number of carboxylic acids is 1. The predicted molar refractivity (Wildman–Crippen MR) is 127 cm³/mol. The zero-order chi connectivity index (χ0) is 23.4. The molecule has 4 rings (SSSR count). The van der Waals surface area contributed by atoms with Crippen molar-refractivity contribution in [2.24, 2.45) is 0 Å². The van der Waals surface area contributed by atoms with Gasteiger partial charge in [-0.25, -0.2) is 4.79 Å². The summed E-state index contributed by atoms with van der Waals surface area (Å²) in [5.74, 6) is -0.723. The molecule has 33 heavy (non-hydrogen) atoms. The van der Waals surface area contributed by atoms with Crippen molar-refractivity contribution in [1.82, 2.24) is 10.2 Å². The van der Waals surface area contributed by atoms with Crippen molar-refractivity contribution in [3.8, 4) is 16.9 Å². The first-order valence-electron chi connectivity index (χ1n) is 11.2. The van der Waals surface area contributed by atoms with Gasteiger partial charge < -0.3 is 15.5 Å². The lowest BCUT2D eigenvalue weighted by atomic mass is 10.0. The zero-order valence-electron chi connectivity index (χ0n) is 18.6. The first-order chi connectivity index (χ1) is 15.9. The van der Waals surface area contributed by atoms with Crippen LogP contribution >= 0.6 is 0 Å². The van der Waals surface area contributed by atoms with Crippen LogP contribution < -0.4 is 5.32 Å². The van der Waals surface area contributed by atoms with E-state index in [1.165, 1.54) is 0 Å². The van der Waals surface area contributed by atoms with Crippen molar-refractivity contribution in [1.29, 1.82) is 0 Å². The fourth-order valence-electron chi connectivity index (χ4n) is 4.36. The van der Waals surface area contributed by atoms with Crippen molar-refractivity contribution in [3.05, 3.63) is 89.5 Å². The van der Waals surface area contributed by atoms with E-state index in [4.69, 9.17) is 5.11 Å². The van der Waals surface area contributed by atoms with Crippen LogP contribution in [0.2, 0.25) is 0 Å². The molecule has 1 aliphatic heterocycles. The maximum atomic E-state index is 13.1. The lowest BCUT2D eigenvalue weighted by Gasteiger charge is -2.26. The number of phenolic OH excluding ortho intramolecular Hbond substituents is 1. The van der Waals surface area contributed by atoms with E-state index in [-0.39, 0.29) is 29.3 Å². The highest BCUT2D eigenvalue weighted by Crippen LogP contribution is 2.26. The number of rotatable bonds is 7. The average molecular weight is 445 g/mol. The number of carbonyl (C=O) groups is 2. The molecule has 6 nitrogen and oxygen atoms in total. The number of nitrogens with one attached hydrogen (secondary N) is 1. The third kappa shape index (κ3) is 5.41. The molecule has 170 valence electrons. The van der Waals surface area contributed by atoms with Gasteiger partial charge in [0, 0.05) is 6.54 Å². The SMILES string of the molecule is C[C@H](NC(=O)[C@H]1CCCN1Cc1cccc(-c2ccc(O)cc2)c1)c1ccc(C(=O)O)cc1. The first kappa shape index (κ1) is 22.6. The summed E-state index contributed by atoms with van der Waals surface area (Å²) in [5, 5.41) is 21.7. The minimum atomic E-state index is -0.964. The van der Waals surface area contributed by atoms with E-state index in [2.05, 4.69) is 22.3 Å². The zero-order valence-corrected chi connectivity index (χ0v) is 18.6. The van der Waals surface area contributed by atoms with Gasteiger partial charge >= 0.3 is 5.97 Å². The van der Waals surface area contributed by atoms with Gasteiger partial charge in [-0.3, -0.25) is 9.69 Å². The van der Waals surface area contributed by atoms with E-state index >= 15 is 0 Å². The first-order valence-corrected chi connectivity index (χ1v) is 11.2. The van der Waals surface area contributed by atoms with Gasteiger partial charge in [0.25, 0.3) is 0 Å². The Kier molecular flexibility index (Phi) is 6.75. The molecule has 1 heterocycles. The second-order valence-electron chi connectivity index (χ2n) is 8.53. The van der Waals surface area contributed by atoms with Gasteiger partial charge in [0.05, 0.1) is 17.6 Å². The molecule has 0 aromatic heterocycles. The summed E-state index contributed by atoms with van der Waals surface area (Å²) < 4.78 is 0. The number of benzene rings is 3. The molecule has 0 aliphatic carbocycles. The summed E-state index contributed by atoms with van der Waals surface area (Å²) in [6, 6.07) is 21.6. The second kappa shape index (κ2) is 9.88. The molecule has 0 unspecified atom stereocenters. The Morgan fingerprint density at radius 2 is 1.76 bits per heavy atom. The Balaban J connectivity index is 1.41. The highest BCUT2D eigenvalue weighted by Gasteiger charge is 2.31. The minimum absolute atomic E-state index is 0.00278. The molecular formula is C27H28N2O4. The number of likely N-dealkylation sites (tertiary alicyclic amines) is 1. The number of amides is 1. The summed E-state index contributed by atoms with van der Waals surface area (Å²) in [4.78, 5) is 26.3. The van der Waals surface area contributed by atoms with E-state index in [1.54, 1.807) is 36.4 Å². The standard InChI is InChI=1S/C27H28N2O4/c1-18(20-7-9-22(10-8-20)27(32)33)28-26(31)25-6-3-15-29(25)17-19-4-2-5-23(16-19)21-11-13-24(30)14-12-21/h2,4-5,7-14,16,18,25,30H,3,6,15,17H2,1H3,(H,28,31)(H,32,33)/t18-,25+/m0/s1. The van der Waals surface area contributed by atoms with Crippen LogP contribution in [0.1, 0.15) is 47.3 Å². The molecule has 3 aromatic rings. The summed E-state index contributed by atoms with van der Waals surface area (Å²) in [5.41, 5.74) is 4.35. The predicted octanol–water partition coefficient (Wildman–Crippen LogP) is 4.60. The van der Waals surface area contributed by atoms with Crippen LogP contribution in [0, 0.1) is 0 Å². The van der Waals surface area contributed by atoms with E-state index in [0.29, 0.717) is 6.54 Å². The summed E-state index contributed by atoms with van der Waals surface area (Å²) in [7, 11) is 0.